The van der Waals surface area contributed by atoms with Crippen LogP contribution in [0.3, 0.4) is 0 Å². The molecule has 0 aliphatic carbocycles. The van der Waals surface area contributed by atoms with Gasteiger partial charge in [-0.1, -0.05) is 30.3 Å². The van der Waals surface area contributed by atoms with Crippen LogP contribution in [0.1, 0.15) is 21.7 Å². The van der Waals surface area contributed by atoms with Gasteiger partial charge in [0.2, 0.25) is 0 Å². The van der Waals surface area contributed by atoms with E-state index in [0.717, 1.165) is 12.1 Å². The lowest BCUT2D eigenvalue weighted by molar-refractivity contribution is 0.0937. The van der Waals surface area contributed by atoms with Gasteiger partial charge in [0, 0.05) is 18.3 Å². The van der Waals surface area contributed by atoms with Crippen molar-refractivity contribution in [3.8, 4) is 0 Å². The zero-order valence-corrected chi connectivity index (χ0v) is 12.9. The molecule has 0 aliphatic rings. The van der Waals surface area contributed by atoms with Crippen LogP contribution in [0.2, 0.25) is 0 Å². The van der Waals surface area contributed by atoms with Crippen molar-refractivity contribution in [3.63, 3.8) is 0 Å². The van der Waals surface area contributed by atoms with E-state index in [2.05, 4.69) is 27.3 Å². The van der Waals surface area contributed by atoms with Gasteiger partial charge in [0.15, 0.2) is 0 Å². The zero-order chi connectivity index (χ0) is 15.2. The summed E-state index contributed by atoms with van der Waals surface area (Å²) in [4.78, 5) is 17.3. The van der Waals surface area contributed by atoms with E-state index in [9.17, 15) is 4.79 Å². The van der Waals surface area contributed by atoms with E-state index >= 15 is 0 Å². The monoisotopic (exact) mass is 285 g/mol. The maximum Gasteiger partial charge on any atom is 0.267 e. The smallest absolute Gasteiger partial charge is 0.267 e. The van der Waals surface area contributed by atoms with Crippen molar-refractivity contribution in [1.29, 1.82) is 0 Å². The highest BCUT2D eigenvalue weighted by atomic mass is 16.1. The number of carbonyl (C=O) groups excluding carboxylic acids is 1. The molecule has 21 heavy (non-hydrogen) atoms. The molecule has 1 heterocycles. The summed E-state index contributed by atoms with van der Waals surface area (Å²) >= 11 is 0. The Kier molecular flexibility index (Phi) is 5.17. The first-order valence-electron chi connectivity index (χ1n) is 7.20. The third-order valence-electron chi connectivity index (χ3n) is 3.62. The van der Waals surface area contributed by atoms with Gasteiger partial charge in [-0.2, -0.15) is 0 Å². The number of benzene rings is 1. The van der Waals surface area contributed by atoms with Gasteiger partial charge < -0.3 is 15.2 Å². The molecule has 1 atom stereocenters. The van der Waals surface area contributed by atoms with Crippen LogP contribution in [0.15, 0.2) is 42.5 Å². The van der Waals surface area contributed by atoms with Gasteiger partial charge in [-0.25, -0.2) is 0 Å². The molecule has 0 fully saturated rings. The summed E-state index contributed by atoms with van der Waals surface area (Å²) in [7, 11) is 4.08. The Bertz CT molecular complexity index is 575. The first kappa shape index (κ1) is 15.3. The average molecular weight is 285 g/mol. The van der Waals surface area contributed by atoms with Crippen LogP contribution in [0.5, 0.6) is 0 Å². The SMILES string of the molecule is Cc1ccc(C(=O)NCC(Cc2ccccc2)N(C)C)[nH]1. The third-order valence-corrected chi connectivity index (χ3v) is 3.62. The minimum absolute atomic E-state index is 0.0528. The fraction of sp³-hybridized carbons (Fsp3) is 0.353. The number of hydrogen-bond donors (Lipinski definition) is 2. The van der Waals surface area contributed by atoms with Crippen molar-refractivity contribution in [2.75, 3.05) is 20.6 Å². The molecule has 1 aromatic heterocycles. The molecule has 0 aliphatic heterocycles. The topological polar surface area (TPSA) is 48.1 Å². The second kappa shape index (κ2) is 7.09. The molecule has 4 nitrogen and oxygen atoms in total. The standard InChI is InChI=1S/C17H23N3O/c1-13-9-10-16(19-13)17(21)18-12-15(20(2)3)11-14-7-5-4-6-8-14/h4-10,15,19H,11-12H2,1-3H3,(H,18,21). The van der Waals surface area contributed by atoms with Gasteiger partial charge >= 0.3 is 0 Å². The van der Waals surface area contributed by atoms with Crippen LogP contribution >= 0.6 is 0 Å². The first-order valence-corrected chi connectivity index (χ1v) is 7.20. The van der Waals surface area contributed by atoms with E-state index in [0.29, 0.717) is 12.2 Å². The summed E-state index contributed by atoms with van der Waals surface area (Å²) in [6.07, 6.45) is 0.915. The molecule has 1 amide bonds. The third kappa shape index (κ3) is 4.46. The highest BCUT2D eigenvalue weighted by molar-refractivity contribution is 5.92. The van der Waals surface area contributed by atoms with Crippen molar-refractivity contribution in [2.45, 2.75) is 19.4 Å². The molecular weight excluding hydrogens is 262 g/mol. The number of likely N-dealkylation sites (N-methyl/N-ethyl adjacent to an activating group) is 1. The van der Waals surface area contributed by atoms with Crippen molar-refractivity contribution < 1.29 is 4.79 Å². The fourth-order valence-electron chi connectivity index (χ4n) is 2.27. The number of nitrogens with one attached hydrogen (secondary N) is 2. The summed E-state index contributed by atoms with van der Waals surface area (Å²) in [5.74, 6) is -0.0528. The number of aryl methyl sites for hydroxylation is 1. The van der Waals surface area contributed by atoms with E-state index < -0.39 is 0 Å². The lowest BCUT2D eigenvalue weighted by Crippen LogP contribution is -2.41. The van der Waals surface area contributed by atoms with E-state index in [1.807, 2.05) is 51.4 Å². The van der Waals surface area contributed by atoms with Crippen LogP contribution in [-0.2, 0) is 6.42 Å². The Morgan fingerprint density at radius 3 is 2.48 bits per heavy atom. The fourth-order valence-corrected chi connectivity index (χ4v) is 2.27. The first-order chi connectivity index (χ1) is 10.1. The Hall–Kier alpha value is -2.07. The van der Waals surface area contributed by atoms with Gasteiger partial charge in [0.25, 0.3) is 5.91 Å². The number of nitrogens with zero attached hydrogens (tertiary/aromatic N) is 1. The van der Waals surface area contributed by atoms with Crippen molar-refractivity contribution >= 4 is 5.91 Å². The maximum atomic E-state index is 12.1. The summed E-state index contributed by atoms with van der Waals surface area (Å²) in [6.45, 7) is 2.56. The van der Waals surface area contributed by atoms with Crippen LogP contribution in [0, 0.1) is 6.92 Å². The molecular formula is C17H23N3O. The minimum Gasteiger partial charge on any atom is -0.355 e. The summed E-state index contributed by atoms with van der Waals surface area (Å²) in [5.41, 5.74) is 2.89. The van der Waals surface area contributed by atoms with Crippen molar-refractivity contribution in [1.82, 2.24) is 15.2 Å². The molecule has 0 radical (unpaired) electrons. The number of hydrogen-bond acceptors (Lipinski definition) is 2. The van der Waals surface area contributed by atoms with Crippen LogP contribution in [0.4, 0.5) is 0 Å². The van der Waals surface area contributed by atoms with Crippen molar-refractivity contribution in [2.24, 2.45) is 0 Å². The highest BCUT2D eigenvalue weighted by Crippen LogP contribution is 2.07. The van der Waals surface area contributed by atoms with Gasteiger partial charge in [-0.3, -0.25) is 4.79 Å². The molecule has 0 bridgehead atoms. The second-order valence-corrected chi connectivity index (χ2v) is 5.57. The number of H-pyrrole nitrogens is 1. The molecule has 2 rings (SSSR count). The van der Waals surface area contributed by atoms with Crippen LogP contribution in [-0.4, -0.2) is 42.5 Å². The number of aromatic amines is 1. The highest BCUT2D eigenvalue weighted by Gasteiger charge is 2.15. The van der Waals surface area contributed by atoms with E-state index in [4.69, 9.17) is 0 Å². The number of rotatable bonds is 6. The molecule has 4 heteroatoms. The predicted octanol–water partition coefficient (Wildman–Crippen LogP) is 2.23. The molecule has 0 saturated heterocycles. The molecule has 1 aromatic carbocycles. The lowest BCUT2D eigenvalue weighted by atomic mass is 10.1. The quantitative estimate of drug-likeness (QED) is 0.855. The van der Waals surface area contributed by atoms with E-state index in [1.54, 1.807) is 0 Å². The second-order valence-electron chi connectivity index (χ2n) is 5.57. The zero-order valence-electron chi connectivity index (χ0n) is 12.9. The summed E-state index contributed by atoms with van der Waals surface area (Å²) in [6, 6.07) is 14.3. The van der Waals surface area contributed by atoms with Gasteiger partial charge in [-0.15, -0.1) is 0 Å². The Morgan fingerprint density at radius 1 is 1.19 bits per heavy atom. The number of aromatic nitrogens is 1. The predicted molar refractivity (Wildman–Crippen MR) is 85.5 cm³/mol. The van der Waals surface area contributed by atoms with Gasteiger partial charge in [0.1, 0.15) is 5.69 Å². The molecule has 0 saturated carbocycles. The van der Waals surface area contributed by atoms with Gasteiger partial charge in [0.05, 0.1) is 0 Å². The number of amides is 1. The molecule has 2 N–H and O–H groups in total. The minimum atomic E-state index is -0.0528. The molecule has 1 unspecified atom stereocenters. The molecule has 112 valence electrons. The maximum absolute atomic E-state index is 12.1. The summed E-state index contributed by atoms with van der Waals surface area (Å²) < 4.78 is 0. The normalized spacial score (nSPS) is 12.4. The lowest BCUT2D eigenvalue weighted by Gasteiger charge is -2.24. The van der Waals surface area contributed by atoms with Crippen LogP contribution < -0.4 is 5.32 Å². The number of carbonyl (C=O) groups is 1. The summed E-state index contributed by atoms with van der Waals surface area (Å²) in [5, 5.41) is 3.00. The largest absolute Gasteiger partial charge is 0.355 e. The van der Waals surface area contributed by atoms with E-state index in [-0.39, 0.29) is 11.9 Å². The molecule has 0 spiro atoms. The van der Waals surface area contributed by atoms with Gasteiger partial charge in [-0.05, 0) is 45.1 Å². The average Bonchev–Trinajstić information content (AvgIpc) is 2.90. The molecule has 2 aromatic rings. The van der Waals surface area contributed by atoms with Crippen molar-refractivity contribution in [3.05, 3.63) is 59.4 Å². The Morgan fingerprint density at radius 2 is 1.90 bits per heavy atom. The van der Waals surface area contributed by atoms with Crippen LogP contribution in [0.25, 0.3) is 0 Å². The van der Waals surface area contributed by atoms with E-state index in [1.165, 1.54) is 5.56 Å². The Labute approximate surface area is 126 Å². The Balaban J connectivity index is 1.93.